The third-order valence-corrected chi connectivity index (χ3v) is 3.26. The Morgan fingerprint density at radius 3 is 2.40 bits per heavy atom. The van der Waals surface area contributed by atoms with Crippen molar-refractivity contribution in [1.29, 1.82) is 0 Å². The van der Waals surface area contributed by atoms with Gasteiger partial charge in [0.2, 0.25) is 0 Å². The van der Waals surface area contributed by atoms with Crippen LogP contribution in [0.25, 0.3) is 0 Å². The Bertz CT molecular complexity index is 745. The molecule has 0 fully saturated rings. The molecule has 0 spiro atoms. The van der Waals surface area contributed by atoms with Crippen LogP contribution in [-0.2, 0) is 6.18 Å². The van der Waals surface area contributed by atoms with Crippen LogP contribution in [0.4, 0.5) is 18.9 Å². The van der Waals surface area contributed by atoms with E-state index in [-0.39, 0.29) is 5.56 Å². The molecule has 0 atom stereocenters. The predicted molar refractivity (Wildman–Crippen MR) is 88.2 cm³/mol. The van der Waals surface area contributed by atoms with Crippen LogP contribution in [-0.4, -0.2) is 19.1 Å². The van der Waals surface area contributed by atoms with Gasteiger partial charge in [-0.15, -0.1) is 0 Å². The molecule has 0 bridgehead atoms. The number of halogens is 3. The normalized spacial score (nSPS) is 11.1. The van der Waals surface area contributed by atoms with Crippen molar-refractivity contribution in [1.82, 2.24) is 0 Å². The van der Waals surface area contributed by atoms with Crippen LogP contribution in [0.15, 0.2) is 42.5 Å². The lowest BCUT2D eigenvalue weighted by atomic mass is 10.1. The highest BCUT2D eigenvalue weighted by molar-refractivity contribution is 6.05. The van der Waals surface area contributed by atoms with Gasteiger partial charge in [0, 0.05) is 11.6 Å². The lowest BCUT2D eigenvalue weighted by Gasteiger charge is -2.14. The highest BCUT2D eigenvalue weighted by Gasteiger charge is 2.31. The van der Waals surface area contributed by atoms with Crippen molar-refractivity contribution in [3.8, 4) is 11.5 Å². The van der Waals surface area contributed by atoms with E-state index in [1.165, 1.54) is 12.1 Å². The smallest absolute Gasteiger partial charge is 0.416 e. The number of hydrogen-bond donors (Lipinski definition) is 1. The van der Waals surface area contributed by atoms with Gasteiger partial charge in [-0.3, -0.25) is 4.79 Å². The Labute approximate surface area is 143 Å². The first-order valence-corrected chi connectivity index (χ1v) is 7.73. The first-order valence-electron chi connectivity index (χ1n) is 7.73. The summed E-state index contributed by atoms with van der Waals surface area (Å²) < 4.78 is 49.2. The van der Waals surface area contributed by atoms with Gasteiger partial charge in [-0.25, -0.2) is 0 Å². The van der Waals surface area contributed by atoms with E-state index in [1.54, 1.807) is 25.1 Å². The van der Waals surface area contributed by atoms with E-state index in [0.717, 1.165) is 12.1 Å². The van der Waals surface area contributed by atoms with Gasteiger partial charge in [-0.1, -0.05) is 6.07 Å². The molecular weight excluding hydrogens is 335 g/mol. The Hall–Kier alpha value is -2.70. The van der Waals surface area contributed by atoms with Gasteiger partial charge < -0.3 is 14.8 Å². The largest absolute Gasteiger partial charge is 0.494 e. The molecule has 0 unspecified atom stereocenters. The van der Waals surface area contributed by atoms with Crippen molar-refractivity contribution in [3.63, 3.8) is 0 Å². The number of carbonyl (C=O) groups excluding carboxylic acids is 1. The van der Waals surface area contributed by atoms with Crippen LogP contribution in [0.2, 0.25) is 0 Å². The Kier molecular flexibility index (Phi) is 5.90. The number of alkyl halides is 3. The quantitative estimate of drug-likeness (QED) is 0.815. The zero-order valence-corrected chi connectivity index (χ0v) is 13.8. The Balaban J connectivity index is 2.29. The molecule has 0 radical (unpaired) electrons. The number of rotatable bonds is 6. The number of ether oxygens (including phenoxy) is 2. The monoisotopic (exact) mass is 353 g/mol. The fourth-order valence-corrected chi connectivity index (χ4v) is 2.18. The van der Waals surface area contributed by atoms with E-state index in [2.05, 4.69) is 5.32 Å². The minimum atomic E-state index is -4.51. The summed E-state index contributed by atoms with van der Waals surface area (Å²) in [5, 5.41) is 2.58. The summed E-state index contributed by atoms with van der Waals surface area (Å²) in [4.78, 5) is 12.3. The first-order chi connectivity index (χ1) is 11.8. The third kappa shape index (κ3) is 4.89. The molecule has 0 aliphatic carbocycles. The van der Waals surface area contributed by atoms with E-state index in [9.17, 15) is 18.0 Å². The second kappa shape index (κ2) is 7.92. The molecule has 1 amide bonds. The molecule has 4 nitrogen and oxygen atoms in total. The predicted octanol–water partition coefficient (Wildman–Crippen LogP) is 4.76. The summed E-state index contributed by atoms with van der Waals surface area (Å²) in [6.07, 6.45) is -4.51. The number of amides is 1. The van der Waals surface area contributed by atoms with Crippen LogP contribution in [0.1, 0.15) is 29.8 Å². The summed E-state index contributed by atoms with van der Waals surface area (Å²) in [6.45, 7) is 4.42. The van der Waals surface area contributed by atoms with Crippen molar-refractivity contribution in [2.24, 2.45) is 0 Å². The van der Waals surface area contributed by atoms with Gasteiger partial charge >= 0.3 is 6.18 Å². The van der Waals surface area contributed by atoms with E-state index in [1.807, 2.05) is 6.92 Å². The Morgan fingerprint density at radius 2 is 1.76 bits per heavy atom. The fourth-order valence-electron chi connectivity index (χ4n) is 2.18. The molecule has 0 aliphatic heterocycles. The average molecular weight is 353 g/mol. The van der Waals surface area contributed by atoms with Crippen LogP contribution in [0, 0.1) is 0 Å². The summed E-state index contributed by atoms with van der Waals surface area (Å²) in [6, 6.07) is 9.12. The number of hydrogen-bond acceptors (Lipinski definition) is 3. The van der Waals surface area contributed by atoms with Crippen molar-refractivity contribution in [3.05, 3.63) is 53.6 Å². The van der Waals surface area contributed by atoms with E-state index >= 15 is 0 Å². The summed E-state index contributed by atoms with van der Waals surface area (Å²) in [5.74, 6) is 0.261. The number of anilines is 1. The molecule has 2 aromatic rings. The van der Waals surface area contributed by atoms with Gasteiger partial charge in [0.25, 0.3) is 5.91 Å². The summed E-state index contributed by atoms with van der Waals surface area (Å²) in [5.41, 5.74) is -0.650. The third-order valence-electron chi connectivity index (χ3n) is 3.26. The molecule has 0 saturated carbocycles. The molecule has 0 saturated heterocycles. The lowest BCUT2D eigenvalue weighted by Crippen LogP contribution is -2.15. The molecule has 0 heterocycles. The molecule has 25 heavy (non-hydrogen) atoms. The van der Waals surface area contributed by atoms with Gasteiger partial charge in [-0.05, 0) is 44.2 Å². The molecular formula is C18H18F3NO3. The fraction of sp³-hybridized carbons (Fsp3) is 0.278. The average Bonchev–Trinajstić information content (AvgIpc) is 2.57. The van der Waals surface area contributed by atoms with Crippen LogP contribution in [0.5, 0.6) is 11.5 Å². The minimum Gasteiger partial charge on any atom is -0.494 e. The van der Waals surface area contributed by atoms with Crippen molar-refractivity contribution in [2.75, 3.05) is 18.5 Å². The SMILES string of the molecule is CCOc1ccc(OCC)c(NC(=O)c2cccc(C(F)(F)F)c2)c1. The van der Waals surface area contributed by atoms with Crippen LogP contribution >= 0.6 is 0 Å². The lowest BCUT2D eigenvalue weighted by molar-refractivity contribution is -0.137. The summed E-state index contributed by atoms with van der Waals surface area (Å²) >= 11 is 0. The highest BCUT2D eigenvalue weighted by Crippen LogP contribution is 2.31. The molecule has 0 aromatic heterocycles. The van der Waals surface area contributed by atoms with E-state index < -0.39 is 17.6 Å². The minimum absolute atomic E-state index is 0.0981. The van der Waals surface area contributed by atoms with Crippen LogP contribution in [0.3, 0.4) is 0 Å². The second-order valence-electron chi connectivity index (χ2n) is 5.06. The van der Waals surface area contributed by atoms with Crippen molar-refractivity contribution < 1.29 is 27.4 Å². The van der Waals surface area contributed by atoms with E-state index in [4.69, 9.17) is 9.47 Å². The van der Waals surface area contributed by atoms with Crippen molar-refractivity contribution >= 4 is 11.6 Å². The molecule has 2 aromatic carbocycles. The first kappa shape index (κ1) is 18.6. The second-order valence-corrected chi connectivity index (χ2v) is 5.06. The molecule has 1 N–H and O–H groups in total. The van der Waals surface area contributed by atoms with E-state index in [0.29, 0.717) is 30.4 Å². The maximum Gasteiger partial charge on any atom is 0.416 e. The zero-order chi connectivity index (χ0) is 18.4. The standard InChI is InChI=1S/C18H18F3NO3/c1-3-24-14-8-9-16(25-4-2)15(11-14)22-17(23)12-6-5-7-13(10-12)18(19,20)21/h5-11H,3-4H2,1-2H3,(H,22,23). The Morgan fingerprint density at radius 1 is 1.04 bits per heavy atom. The van der Waals surface area contributed by atoms with Gasteiger partial charge in [0.1, 0.15) is 11.5 Å². The highest BCUT2D eigenvalue weighted by atomic mass is 19.4. The topological polar surface area (TPSA) is 47.6 Å². The maximum atomic E-state index is 12.8. The maximum absolute atomic E-state index is 12.8. The molecule has 0 aliphatic rings. The number of nitrogens with one attached hydrogen (secondary N) is 1. The molecule has 134 valence electrons. The van der Waals surface area contributed by atoms with Gasteiger partial charge in [0.05, 0.1) is 24.5 Å². The van der Waals surface area contributed by atoms with Crippen molar-refractivity contribution in [2.45, 2.75) is 20.0 Å². The molecule has 2 rings (SSSR count). The zero-order valence-electron chi connectivity index (χ0n) is 13.8. The van der Waals surface area contributed by atoms with Gasteiger partial charge in [-0.2, -0.15) is 13.2 Å². The molecule has 7 heteroatoms. The van der Waals surface area contributed by atoms with Crippen LogP contribution < -0.4 is 14.8 Å². The number of carbonyl (C=O) groups is 1. The van der Waals surface area contributed by atoms with Gasteiger partial charge in [0.15, 0.2) is 0 Å². The number of benzene rings is 2. The summed E-state index contributed by atoms with van der Waals surface area (Å²) in [7, 11) is 0.